The Bertz CT molecular complexity index is 559. The van der Waals surface area contributed by atoms with E-state index >= 15 is 0 Å². The molecule has 23 heavy (non-hydrogen) atoms. The summed E-state index contributed by atoms with van der Waals surface area (Å²) in [5, 5.41) is 13.1. The largest absolute Gasteiger partial charge is 0.491 e. The summed E-state index contributed by atoms with van der Waals surface area (Å²) < 4.78 is 18.2. The number of ether oxygens (including phenoxy) is 1. The molecule has 2 atom stereocenters. The van der Waals surface area contributed by atoms with Crippen molar-refractivity contribution in [3.63, 3.8) is 0 Å². The van der Waals surface area contributed by atoms with Gasteiger partial charge in [-0.05, 0) is 48.7 Å². The number of aliphatic hydroxyl groups is 1. The van der Waals surface area contributed by atoms with Crippen LogP contribution in [0, 0.1) is 5.82 Å². The highest BCUT2D eigenvalue weighted by Crippen LogP contribution is 2.17. The molecular formula is C19H24FNO2. The fraction of sp³-hybridized carbons (Fsp3) is 0.368. The number of hydrogen-bond acceptors (Lipinski definition) is 3. The molecule has 0 heterocycles. The van der Waals surface area contributed by atoms with Crippen LogP contribution in [0.3, 0.4) is 0 Å². The molecule has 2 rings (SSSR count). The van der Waals surface area contributed by atoms with Gasteiger partial charge in [0.05, 0.1) is 0 Å². The molecule has 0 aromatic heterocycles. The summed E-state index contributed by atoms with van der Waals surface area (Å²) >= 11 is 0. The van der Waals surface area contributed by atoms with E-state index in [1.54, 1.807) is 12.1 Å². The number of nitrogens with one attached hydrogen (secondary N) is 1. The fourth-order valence-electron chi connectivity index (χ4n) is 2.32. The summed E-state index contributed by atoms with van der Waals surface area (Å²) in [5.41, 5.74) is 1.33. The third-order valence-corrected chi connectivity index (χ3v) is 3.76. The van der Waals surface area contributed by atoms with Crippen molar-refractivity contribution >= 4 is 0 Å². The van der Waals surface area contributed by atoms with Crippen molar-refractivity contribution in [1.29, 1.82) is 0 Å². The Morgan fingerprint density at radius 2 is 1.78 bits per heavy atom. The van der Waals surface area contributed by atoms with Crippen LogP contribution < -0.4 is 10.1 Å². The SMILES string of the molecule is CC(CCNCC(O)COc1ccc(F)cc1)c1ccccc1. The molecule has 2 N–H and O–H groups in total. The molecular weight excluding hydrogens is 293 g/mol. The normalized spacial score (nSPS) is 13.5. The van der Waals surface area contributed by atoms with Gasteiger partial charge in [-0.3, -0.25) is 0 Å². The van der Waals surface area contributed by atoms with Gasteiger partial charge in [0.25, 0.3) is 0 Å². The summed E-state index contributed by atoms with van der Waals surface area (Å²) in [6.07, 6.45) is 0.419. The zero-order valence-corrected chi connectivity index (χ0v) is 13.4. The second-order valence-corrected chi connectivity index (χ2v) is 5.72. The van der Waals surface area contributed by atoms with Crippen LogP contribution in [0.25, 0.3) is 0 Å². The molecule has 0 amide bonds. The van der Waals surface area contributed by atoms with Gasteiger partial charge in [0, 0.05) is 6.54 Å². The van der Waals surface area contributed by atoms with Gasteiger partial charge in [-0.1, -0.05) is 37.3 Å². The smallest absolute Gasteiger partial charge is 0.123 e. The monoisotopic (exact) mass is 317 g/mol. The van der Waals surface area contributed by atoms with E-state index in [2.05, 4.69) is 36.5 Å². The highest BCUT2D eigenvalue weighted by molar-refractivity contribution is 5.22. The number of aliphatic hydroxyl groups excluding tert-OH is 1. The van der Waals surface area contributed by atoms with Crippen molar-refractivity contribution in [2.45, 2.75) is 25.4 Å². The Hall–Kier alpha value is -1.91. The van der Waals surface area contributed by atoms with Crippen LogP contribution in [-0.2, 0) is 0 Å². The maximum absolute atomic E-state index is 12.8. The first-order valence-corrected chi connectivity index (χ1v) is 7.97. The molecule has 0 bridgehead atoms. The van der Waals surface area contributed by atoms with Gasteiger partial charge in [0.15, 0.2) is 0 Å². The van der Waals surface area contributed by atoms with Gasteiger partial charge in [0.1, 0.15) is 24.3 Å². The van der Waals surface area contributed by atoms with Crippen LogP contribution in [0.4, 0.5) is 4.39 Å². The van der Waals surface area contributed by atoms with E-state index in [9.17, 15) is 9.50 Å². The molecule has 2 unspecified atom stereocenters. The summed E-state index contributed by atoms with van der Waals surface area (Å²) in [7, 11) is 0. The average molecular weight is 317 g/mol. The average Bonchev–Trinajstić information content (AvgIpc) is 2.59. The molecule has 4 heteroatoms. The van der Waals surface area contributed by atoms with Gasteiger partial charge < -0.3 is 15.2 Å². The first-order chi connectivity index (χ1) is 11.1. The van der Waals surface area contributed by atoms with Crippen molar-refractivity contribution in [1.82, 2.24) is 5.32 Å². The molecule has 0 aliphatic rings. The maximum atomic E-state index is 12.8. The minimum absolute atomic E-state index is 0.187. The molecule has 0 radical (unpaired) electrons. The predicted molar refractivity (Wildman–Crippen MR) is 90.2 cm³/mol. The van der Waals surface area contributed by atoms with E-state index in [1.807, 2.05) is 6.07 Å². The lowest BCUT2D eigenvalue weighted by Crippen LogP contribution is -2.32. The highest BCUT2D eigenvalue weighted by atomic mass is 19.1. The Labute approximate surface area is 137 Å². The topological polar surface area (TPSA) is 41.5 Å². The Kier molecular flexibility index (Phi) is 7.04. The first kappa shape index (κ1) is 17.4. The minimum Gasteiger partial charge on any atom is -0.491 e. The zero-order chi connectivity index (χ0) is 16.5. The fourth-order valence-corrected chi connectivity index (χ4v) is 2.32. The van der Waals surface area contributed by atoms with Gasteiger partial charge in [-0.2, -0.15) is 0 Å². The van der Waals surface area contributed by atoms with E-state index in [-0.39, 0.29) is 12.4 Å². The lowest BCUT2D eigenvalue weighted by Gasteiger charge is -2.15. The molecule has 0 aliphatic heterocycles. The lowest BCUT2D eigenvalue weighted by molar-refractivity contribution is 0.106. The third-order valence-electron chi connectivity index (χ3n) is 3.76. The van der Waals surface area contributed by atoms with Crippen molar-refractivity contribution in [2.24, 2.45) is 0 Å². The summed E-state index contributed by atoms with van der Waals surface area (Å²) in [6, 6.07) is 16.2. The van der Waals surface area contributed by atoms with Crippen molar-refractivity contribution < 1.29 is 14.2 Å². The molecule has 0 saturated heterocycles. The molecule has 0 fully saturated rings. The van der Waals surface area contributed by atoms with Crippen molar-refractivity contribution in [3.05, 3.63) is 66.0 Å². The molecule has 2 aromatic rings. The number of hydrogen-bond donors (Lipinski definition) is 2. The van der Waals surface area contributed by atoms with Crippen LogP contribution in [0.15, 0.2) is 54.6 Å². The van der Waals surface area contributed by atoms with Gasteiger partial charge in [-0.25, -0.2) is 4.39 Å². The molecule has 0 saturated carbocycles. The van der Waals surface area contributed by atoms with Crippen LogP contribution in [0.1, 0.15) is 24.8 Å². The van der Waals surface area contributed by atoms with Crippen LogP contribution in [0.5, 0.6) is 5.75 Å². The lowest BCUT2D eigenvalue weighted by atomic mass is 9.98. The molecule has 0 spiro atoms. The summed E-state index contributed by atoms with van der Waals surface area (Å²) in [4.78, 5) is 0. The Balaban J connectivity index is 1.59. The van der Waals surface area contributed by atoms with E-state index in [1.165, 1.54) is 17.7 Å². The van der Waals surface area contributed by atoms with Crippen molar-refractivity contribution in [3.8, 4) is 5.75 Å². The van der Waals surface area contributed by atoms with Crippen LogP contribution in [-0.4, -0.2) is 30.9 Å². The van der Waals surface area contributed by atoms with E-state index in [4.69, 9.17) is 4.74 Å². The zero-order valence-electron chi connectivity index (χ0n) is 13.4. The van der Waals surface area contributed by atoms with E-state index < -0.39 is 6.10 Å². The minimum atomic E-state index is -0.591. The van der Waals surface area contributed by atoms with E-state index in [0.717, 1.165) is 13.0 Å². The first-order valence-electron chi connectivity index (χ1n) is 7.97. The van der Waals surface area contributed by atoms with Gasteiger partial charge in [0.2, 0.25) is 0 Å². The molecule has 2 aromatic carbocycles. The van der Waals surface area contributed by atoms with Crippen LogP contribution >= 0.6 is 0 Å². The molecule has 3 nitrogen and oxygen atoms in total. The van der Waals surface area contributed by atoms with Crippen LogP contribution in [0.2, 0.25) is 0 Å². The summed E-state index contributed by atoms with van der Waals surface area (Å²) in [5.74, 6) is 0.742. The second-order valence-electron chi connectivity index (χ2n) is 5.72. The maximum Gasteiger partial charge on any atom is 0.123 e. The van der Waals surface area contributed by atoms with E-state index in [0.29, 0.717) is 18.2 Å². The second kappa shape index (κ2) is 9.28. The molecule has 124 valence electrons. The van der Waals surface area contributed by atoms with Crippen molar-refractivity contribution in [2.75, 3.05) is 19.7 Å². The standard InChI is InChI=1S/C19H24FNO2/c1-15(16-5-3-2-4-6-16)11-12-21-13-18(22)14-23-19-9-7-17(20)8-10-19/h2-10,15,18,21-22H,11-14H2,1H3. The third kappa shape index (κ3) is 6.38. The van der Waals surface area contributed by atoms with Gasteiger partial charge in [-0.15, -0.1) is 0 Å². The Morgan fingerprint density at radius 3 is 2.48 bits per heavy atom. The summed E-state index contributed by atoms with van der Waals surface area (Å²) in [6.45, 7) is 3.70. The van der Waals surface area contributed by atoms with Gasteiger partial charge >= 0.3 is 0 Å². The number of halogens is 1. The molecule has 0 aliphatic carbocycles. The Morgan fingerprint density at radius 1 is 1.09 bits per heavy atom. The number of rotatable bonds is 9. The number of benzene rings is 2. The highest BCUT2D eigenvalue weighted by Gasteiger charge is 2.07. The predicted octanol–water partition coefficient (Wildman–Crippen LogP) is 3.35. The quantitative estimate of drug-likeness (QED) is 0.697.